The molecule has 0 bridgehead atoms. The van der Waals surface area contributed by atoms with Gasteiger partial charge in [0.15, 0.2) is 0 Å². The zero-order valence-corrected chi connectivity index (χ0v) is 7.36. The molecule has 2 aliphatic carbocycles. The number of nitrogens with zero attached hydrogens (tertiary/aromatic N) is 2. The molecule has 0 N–H and O–H groups in total. The molecule has 0 saturated heterocycles. The minimum Gasteiger partial charge on any atom is -0.186 e. The fraction of sp³-hybridized carbons (Fsp3) is 0.600. The van der Waals surface area contributed by atoms with Crippen molar-refractivity contribution in [3.63, 3.8) is 0 Å². The summed E-state index contributed by atoms with van der Waals surface area (Å²) in [5.41, 5.74) is 1.73. The third-order valence-electron chi connectivity index (χ3n) is 3.67. The van der Waals surface area contributed by atoms with Crippen molar-refractivity contribution in [1.29, 1.82) is 0 Å². The Labute approximate surface area is 72.1 Å². The molecule has 0 unspecified atom stereocenters. The van der Waals surface area contributed by atoms with Gasteiger partial charge in [0.25, 0.3) is 0 Å². The summed E-state index contributed by atoms with van der Waals surface area (Å²) in [7, 11) is 0. The molecule has 62 valence electrons. The number of hydrogen-bond donors (Lipinski definition) is 0. The van der Waals surface area contributed by atoms with Crippen molar-refractivity contribution in [1.82, 2.24) is 0 Å². The fourth-order valence-electron chi connectivity index (χ4n) is 2.74. The smallest absolute Gasteiger partial charge is 0.0955 e. The lowest BCUT2D eigenvalue weighted by atomic mass is 9.77. The zero-order valence-electron chi connectivity index (χ0n) is 7.36. The van der Waals surface area contributed by atoms with Gasteiger partial charge in [0.2, 0.25) is 0 Å². The molecule has 1 aliphatic heterocycles. The van der Waals surface area contributed by atoms with E-state index in [1.165, 1.54) is 5.57 Å². The van der Waals surface area contributed by atoms with Crippen LogP contribution in [0.3, 0.4) is 0 Å². The number of allylic oxidation sites excluding steroid dienone is 2. The third kappa shape index (κ3) is 0.510. The van der Waals surface area contributed by atoms with E-state index in [-0.39, 0.29) is 5.41 Å². The Morgan fingerprint density at radius 1 is 1.33 bits per heavy atom. The lowest BCUT2D eigenvalue weighted by Crippen LogP contribution is -2.27. The number of rotatable bonds is 0. The predicted octanol–water partition coefficient (Wildman–Crippen LogP) is 2.34. The summed E-state index contributed by atoms with van der Waals surface area (Å²) in [4.78, 5) is 0. The van der Waals surface area contributed by atoms with Gasteiger partial charge in [-0.05, 0) is 6.92 Å². The lowest BCUT2D eigenvalue weighted by Gasteiger charge is -2.26. The van der Waals surface area contributed by atoms with Gasteiger partial charge in [0.05, 0.1) is 12.1 Å². The maximum Gasteiger partial charge on any atom is 0.0955 e. The van der Waals surface area contributed by atoms with Crippen molar-refractivity contribution in [3.05, 3.63) is 23.8 Å². The van der Waals surface area contributed by atoms with E-state index >= 15 is 0 Å². The summed E-state index contributed by atoms with van der Waals surface area (Å²) in [6.07, 6.45) is 6.80. The second-order valence-corrected chi connectivity index (χ2v) is 4.23. The van der Waals surface area contributed by atoms with Gasteiger partial charge in [-0.15, -0.1) is 0 Å². The maximum absolute atomic E-state index is 4.27. The Balaban J connectivity index is 2.19. The van der Waals surface area contributed by atoms with Crippen LogP contribution in [0.25, 0.3) is 0 Å². The zero-order chi connectivity index (χ0) is 8.34. The van der Waals surface area contributed by atoms with Crippen molar-refractivity contribution in [2.45, 2.75) is 25.9 Å². The number of hydrogen-bond acceptors (Lipinski definition) is 2. The SMILES string of the molecule is CC1=C[C@@H]2N=N[C@@H]3C=C[C@]1(C)[C@@H]23. The van der Waals surface area contributed by atoms with E-state index < -0.39 is 0 Å². The third-order valence-corrected chi connectivity index (χ3v) is 3.67. The first-order chi connectivity index (χ1) is 5.72. The van der Waals surface area contributed by atoms with Crippen LogP contribution in [-0.2, 0) is 0 Å². The molecular weight excluding hydrogens is 148 g/mol. The Kier molecular flexibility index (Phi) is 0.935. The molecule has 0 spiro atoms. The molecular formula is C10H12N2. The molecule has 0 saturated carbocycles. The predicted molar refractivity (Wildman–Crippen MR) is 46.9 cm³/mol. The molecule has 4 atom stereocenters. The summed E-state index contributed by atoms with van der Waals surface area (Å²) < 4.78 is 0. The minimum atomic E-state index is 0.263. The Morgan fingerprint density at radius 3 is 2.92 bits per heavy atom. The van der Waals surface area contributed by atoms with Crippen molar-refractivity contribution in [3.8, 4) is 0 Å². The van der Waals surface area contributed by atoms with E-state index in [4.69, 9.17) is 0 Å². The highest BCUT2D eigenvalue weighted by Crippen LogP contribution is 2.54. The molecule has 0 amide bonds. The molecule has 1 heterocycles. The Hall–Kier alpha value is -0.920. The van der Waals surface area contributed by atoms with E-state index in [1.807, 2.05) is 0 Å². The van der Waals surface area contributed by atoms with Gasteiger partial charge >= 0.3 is 0 Å². The maximum atomic E-state index is 4.27. The standard InChI is InChI=1S/C10H12N2/c1-6-5-8-9-7(11-12-8)3-4-10(6,9)2/h3-5,7-9H,1-2H3/t7-,8+,9-,10+/m1/s1. The van der Waals surface area contributed by atoms with Gasteiger partial charge in [-0.25, -0.2) is 0 Å². The van der Waals surface area contributed by atoms with E-state index in [0.29, 0.717) is 18.0 Å². The van der Waals surface area contributed by atoms with Crippen LogP contribution in [0.1, 0.15) is 13.8 Å². The molecule has 3 aliphatic rings. The quantitative estimate of drug-likeness (QED) is 0.486. The first kappa shape index (κ1) is 6.58. The summed E-state index contributed by atoms with van der Waals surface area (Å²) in [5.74, 6) is 0.609. The molecule has 0 aromatic carbocycles. The van der Waals surface area contributed by atoms with Crippen LogP contribution in [0.15, 0.2) is 34.0 Å². The van der Waals surface area contributed by atoms with Gasteiger partial charge < -0.3 is 0 Å². The van der Waals surface area contributed by atoms with Crippen molar-refractivity contribution in [2.24, 2.45) is 21.6 Å². The molecule has 12 heavy (non-hydrogen) atoms. The normalized spacial score (nSPS) is 53.2. The highest BCUT2D eigenvalue weighted by molar-refractivity contribution is 5.39. The van der Waals surface area contributed by atoms with Gasteiger partial charge in [-0.1, -0.05) is 30.7 Å². The molecule has 3 rings (SSSR count). The molecule has 0 fully saturated rings. The van der Waals surface area contributed by atoms with E-state index in [9.17, 15) is 0 Å². The molecule has 0 radical (unpaired) electrons. The first-order valence-corrected chi connectivity index (χ1v) is 4.50. The number of azo groups is 1. The van der Waals surface area contributed by atoms with E-state index in [1.54, 1.807) is 0 Å². The lowest BCUT2D eigenvalue weighted by molar-refractivity contribution is 0.343. The van der Waals surface area contributed by atoms with Crippen LogP contribution >= 0.6 is 0 Å². The highest BCUT2D eigenvalue weighted by Gasteiger charge is 2.53. The van der Waals surface area contributed by atoms with Crippen LogP contribution in [0, 0.1) is 11.3 Å². The van der Waals surface area contributed by atoms with E-state index in [0.717, 1.165) is 0 Å². The Bertz CT molecular complexity index is 327. The van der Waals surface area contributed by atoms with Crippen LogP contribution in [0.2, 0.25) is 0 Å². The average Bonchev–Trinajstić information content (AvgIpc) is 2.60. The van der Waals surface area contributed by atoms with Crippen molar-refractivity contribution < 1.29 is 0 Å². The molecule has 2 nitrogen and oxygen atoms in total. The summed E-state index contributed by atoms with van der Waals surface area (Å²) in [6, 6.07) is 0.740. The second-order valence-electron chi connectivity index (χ2n) is 4.23. The van der Waals surface area contributed by atoms with Gasteiger partial charge in [0, 0.05) is 11.3 Å². The summed E-state index contributed by atoms with van der Waals surface area (Å²) >= 11 is 0. The monoisotopic (exact) mass is 160 g/mol. The summed E-state index contributed by atoms with van der Waals surface area (Å²) in [6.45, 7) is 4.51. The average molecular weight is 160 g/mol. The van der Waals surface area contributed by atoms with Gasteiger partial charge in [-0.3, -0.25) is 0 Å². The second kappa shape index (κ2) is 1.70. The minimum absolute atomic E-state index is 0.263. The van der Waals surface area contributed by atoms with Crippen molar-refractivity contribution >= 4 is 0 Å². The summed E-state index contributed by atoms with van der Waals surface area (Å²) in [5, 5.41) is 8.53. The largest absolute Gasteiger partial charge is 0.186 e. The van der Waals surface area contributed by atoms with E-state index in [2.05, 4.69) is 42.3 Å². The van der Waals surface area contributed by atoms with Crippen molar-refractivity contribution in [2.75, 3.05) is 0 Å². The topological polar surface area (TPSA) is 24.7 Å². The Morgan fingerprint density at radius 2 is 2.08 bits per heavy atom. The van der Waals surface area contributed by atoms with Crippen LogP contribution in [0.4, 0.5) is 0 Å². The molecule has 0 aromatic heterocycles. The van der Waals surface area contributed by atoms with Crippen LogP contribution < -0.4 is 0 Å². The van der Waals surface area contributed by atoms with Crippen LogP contribution in [0.5, 0.6) is 0 Å². The molecule has 0 aromatic rings. The molecule has 2 heteroatoms. The van der Waals surface area contributed by atoms with Gasteiger partial charge in [0.1, 0.15) is 0 Å². The first-order valence-electron chi connectivity index (χ1n) is 4.50. The fourth-order valence-corrected chi connectivity index (χ4v) is 2.74. The van der Waals surface area contributed by atoms with Crippen LogP contribution in [-0.4, -0.2) is 12.1 Å². The van der Waals surface area contributed by atoms with Gasteiger partial charge in [-0.2, -0.15) is 10.2 Å². The highest BCUT2D eigenvalue weighted by atomic mass is 15.2.